The van der Waals surface area contributed by atoms with Crippen molar-refractivity contribution in [3.63, 3.8) is 0 Å². The van der Waals surface area contributed by atoms with Crippen LogP contribution in [0.3, 0.4) is 0 Å². The highest BCUT2D eigenvalue weighted by Crippen LogP contribution is 2.36. The normalized spacial score (nSPS) is 9.52. The van der Waals surface area contributed by atoms with Crippen LogP contribution < -0.4 is 0 Å². The van der Waals surface area contributed by atoms with Crippen LogP contribution in [0.4, 0.5) is 5.69 Å². The van der Waals surface area contributed by atoms with E-state index >= 15 is 0 Å². The van der Waals surface area contributed by atoms with E-state index < -0.39 is 0 Å². The first kappa shape index (κ1) is 19.7. The van der Waals surface area contributed by atoms with Gasteiger partial charge in [0.05, 0.1) is 34.3 Å². The summed E-state index contributed by atoms with van der Waals surface area (Å²) in [4.78, 5) is 12.6. The Labute approximate surface area is 153 Å². The van der Waals surface area contributed by atoms with E-state index in [1.165, 1.54) is 5.56 Å². The minimum Gasteiger partial charge on any atom is -0.228 e. The van der Waals surface area contributed by atoms with E-state index in [1.807, 2.05) is 0 Å². The highest BCUT2D eigenvalue weighted by molar-refractivity contribution is 7.78. The first-order valence-electron chi connectivity index (χ1n) is 7.53. The fraction of sp³-hybridized carbons (Fsp3) is 0.471. The zero-order valence-corrected chi connectivity index (χ0v) is 16.1. The molecule has 1 aromatic carbocycles. The van der Waals surface area contributed by atoms with Gasteiger partial charge in [-0.2, -0.15) is 4.99 Å². The van der Waals surface area contributed by atoms with Crippen molar-refractivity contribution < 1.29 is 0 Å². The fourth-order valence-electron chi connectivity index (χ4n) is 2.99. The van der Waals surface area contributed by atoms with Crippen molar-refractivity contribution in [1.29, 1.82) is 0 Å². The van der Waals surface area contributed by atoms with E-state index in [4.69, 9.17) is 36.7 Å². The molecule has 0 aliphatic carbocycles. The van der Waals surface area contributed by atoms with Gasteiger partial charge in [0.25, 0.3) is 0 Å². The number of isothiocyanates is 3. The standard InChI is InChI=1S/C17H19N3S3/c1-4-12-15(7-18-9-21)13(5-2)17(20-11-23)14(6-3)16(12)8-19-10-22/h4-8H2,1-3H3. The van der Waals surface area contributed by atoms with E-state index in [1.54, 1.807) is 0 Å². The van der Waals surface area contributed by atoms with Crippen LogP contribution in [0.15, 0.2) is 15.0 Å². The van der Waals surface area contributed by atoms with Gasteiger partial charge in [-0.05, 0) is 83.7 Å². The summed E-state index contributed by atoms with van der Waals surface area (Å²) >= 11 is 14.3. The molecular weight excluding hydrogens is 342 g/mol. The third-order valence-electron chi connectivity index (χ3n) is 3.85. The fourth-order valence-corrected chi connectivity index (χ4v) is 3.21. The Balaban J connectivity index is 3.91. The quantitative estimate of drug-likeness (QED) is 0.465. The zero-order valence-electron chi connectivity index (χ0n) is 13.6. The van der Waals surface area contributed by atoms with Crippen molar-refractivity contribution in [1.82, 2.24) is 0 Å². The lowest BCUT2D eigenvalue weighted by atomic mass is 9.86. The third-order valence-corrected chi connectivity index (χ3v) is 4.20. The second-order valence-electron chi connectivity index (χ2n) is 4.82. The van der Waals surface area contributed by atoms with E-state index in [0.717, 1.165) is 47.2 Å². The largest absolute Gasteiger partial charge is 0.228 e. The van der Waals surface area contributed by atoms with Crippen molar-refractivity contribution >= 4 is 57.8 Å². The minimum absolute atomic E-state index is 0.494. The number of aliphatic imine (C=N–C) groups is 3. The molecule has 0 fully saturated rings. The Morgan fingerprint density at radius 3 is 1.39 bits per heavy atom. The molecule has 0 saturated heterocycles. The maximum atomic E-state index is 4.85. The summed E-state index contributed by atoms with van der Waals surface area (Å²) in [7, 11) is 0. The number of benzene rings is 1. The maximum absolute atomic E-state index is 4.85. The topological polar surface area (TPSA) is 37.1 Å². The van der Waals surface area contributed by atoms with Gasteiger partial charge in [-0.1, -0.05) is 20.8 Å². The zero-order chi connectivity index (χ0) is 17.2. The molecule has 0 N–H and O–H groups in total. The first-order chi connectivity index (χ1) is 11.2. The first-order valence-corrected chi connectivity index (χ1v) is 8.75. The Morgan fingerprint density at radius 1 is 0.652 bits per heavy atom. The summed E-state index contributed by atoms with van der Waals surface area (Å²) in [6.45, 7) is 7.33. The van der Waals surface area contributed by atoms with Gasteiger partial charge in [0, 0.05) is 0 Å². The van der Waals surface area contributed by atoms with Gasteiger partial charge in [0.15, 0.2) is 0 Å². The molecule has 0 bridgehead atoms. The molecule has 0 aliphatic rings. The monoisotopic (exact) mass is 361 g/mol. The van der Waals surface area contributed by atoms with Crippen molar-refractivity contribution in [3.05, 3.63) is 27.8 Å². The van der Waals surface area contributed by atoms with E-state index in [-0.39, 0.29) is 0 Å². The molecular formula is C17H19N3S3. The molecule has 3 nitrogen and oxygen atoms in total. The molecule has 0 saturated carbocycles. The van der Waals surface area contributed by atoms with E-state index in [2.05, 4.69) is 51.2 Å². The van der Waals surface area contributed by atoms with Gasteiger partial charge in [0.1, 0.15) is 0 Å². The van der Waals surface area contributed by atoms with Crippen molar-refractivity contribution in [2.45, 2.75) is 53.1 Å². The molecule has 6 heteroatoms. The summed E-state index contributed by atoms with van der Waals surface area (Å²) < 4.78 is 0. The predicted octanol–water partition coefficient (Wildman–Crippen LogP) is 5.31. The number of rotatable bonds is 8. The van der Waals surface area contributed by atoms with Crippen molar-refractivity contribution in [2.24, 2.45) is 15.0 Å². The molecule has 120 valence electrons. The predicted molar refractivity (Wildman–Crippen MR) is 107 cm³/mol. The van der Waals surface area contributed by atoms with Gasteiger partial charge in [-0.25, -0.2) is 9.98 Å². The maximum Gasteiger partial charge on any atom is 0.0810 e. The second-order valence-corrected chi connectivity index (χ2v) is 5.37. The van der Waals surface area contributed by atoms with Crippen LogP contribution >= 0.6 is 36.7 Å². The van der Waals surface area contributed by atoms with Crippen molar-refractivity contribution in [2.75, 3.05) is 0 Å². The summed E-state index contributed by atoms with van der Waals surface area (Å²) in [5, 5.41) is 7.41. The second kappa shape index (κ2) is 10.4. The molecule has 0 atom stereocenters. The number of hydrogen-bond donors (Lipinski definition) is 0. The summed E-state index contributed by atoms with van der Waals surface area (Å²) in [5.74, 6) is 0. The third kappa shape index (κ3) is 4.55. The molecule has 1 aromatic rings. The molecule has 0 aliphatic heterocycles. The number of nitrogens with zero attached hydrogens (tertiary/aromatic N) is 3. The number of hydrogen-bond acceptors (Lipinski definition) is 6. The van der Waals surface area contributed by atoms with E-state index in [0.29, 0.717) is 13.1 Å². The van der Waals surface area contributed by atoms with Gasteiger partial charge < -0.3 is 0 Å². The molecule has 0 heterocycles. The van der Waals surface area contributed by atoms with Gasteiger partial charge >= 0.3 is 0 Å². The van der Waals surface area contributed by atoms with Crippen molar-refractivity contribution in [3.8, 4) is 0 Å². The SMILES string of the molecule is CCc1c(CN=C=S)c(CC)c(N=C=S)c(CC)c1CN=C=S. The molecule has 0 aromatic heterocycles. The highest BCUT2D eigenvalue weighted by Gasteiger charge is 2.20. The Morgan fingerprint density at radius 2 is 1.09 bits per heavy atom. The molecule has 23 heavy (non-hydrogen) atoms. The lowest BCUT2D eigenvalue weighted by Gasteiger charge is -2.21. The molecule has 0 spiro atoms. The van der Waals surface area contributed by atoms with Gasteiger partial charge in [-0.15, -0.1) is 0 Å². The Hall–Kier alpha value is -1.38. The average Bonchev–Trinajstić information content (AvgIpc) is 2.57. The average molecular weight is 362 g/mol. The van der Waals surface area contributed by atoms with Gasteiger partial charge in [-0.3, -0.25) is 0 Å². The van der Waals surface area contributed by atoms with Crippen LogP contribution in [0.25, 0.3) is 0 Å². The van der Waals surface area contributed by atoms with Crippen LogP contribution in [0.2, 0.25) is 0 Å². The Bertz CT molecular complexity index is 672. The van der Waals surface area contributed by atoms with Crippen LogP contribution in [0.5, 0.6) is 0 Å². The van der Waals surface area contributed by atoms with Crippen LogP contribution in [-0.4, -0.2) is 15.5 Å². The lowest BCUT2D eigenvalue weighted by Crippen LogP contribution is -2.08. The summed E-state index contributed by atoms with van der Waals surface area (Å²) in [6.07, 6.45) is 2.57. The van der Waals surface area contributed by atoms with Crippen LogP contribution in [0.1, 0.15) is 48.6 Å². The summed E-state index contributed by atoms with van der Waals surface area (Å²) in [5.41, 5.74) is 6.72. The molecule has 0 amide bonds. The van der Waals surface area contributed by atoms with E-state index in [9.17, 15) is 0 Å². The molecule has 0 unspecified atom stereocenters. The number of thiocarbonyl (C=S) groups is 3. The van der Waals surface area contributed by atoms with Crippen LogP contribution in [-0.2, 0) is 32.4 Å². The summed E-state index contributed by atoms with van der Waals surface area (Å²) in [6, 6.07) is 0. The Kier molecular flexibility index (Phi) is 8.90. The lowest BCUT2D eigenvalue weighted by molar-refractivity contribution is 0.896. The highest BCUT2D eigenvalue weighted by atomic mass is 32.1. The molecule has 0 radical (unpaired) electrons. The van der Waals surface area contributed by atoms with Crippen LogP contribution in [0, 0.1) is 0 Å². The van der Waals surface area contributed by atoms with Gasteiger partial charge in [0.2, 0.25) is 0 Å². The molecule has 1 rings (SSSR count). The smallest absolute Gasteiger partial charge is 0.0810 e. The minimum atomic E-state index is 0.494.